The standard InChI is InChI=1S/C14H15N5O/c1-10-8-12(18(2)17-10)19-9-15-16-14(19)13(20)11-6-4-3-5-7-11/h3-9,13,20H,1-2H3/t13-/m1/s1. The maximum Gasteiger partial charge on any atom is 0.172 e. The zero-order valence-electron chi connectivity index (χ0n) is 11.3. The highest BCUT2D eigenvalue weighted by molar-refractivity contribution is 5.30. The molecule has 20 heavy (non-hydrogen) atoms. The molecule has 0 aliphatic rings. The lowest BCUT2D eigenvalue weighted by atomic mass is 10.1. The number of aliphatic hydroxyl groups is 1. The van der Waals surface area contributed by atoms with Crippen LogP contribution in [0.3, 0.4) is 0 Å². The second-order valence-corrected chi connectivity index (χ2v) is 4.64. The van der Waals surface area contributed by atoms with Gasteiger partial charge < -0.3 is 5.11 Å². The van der Waals surface area contributed by atoms with Gasteiger partial charge in [0.05, 0.1) is 5.69 Å². The van der Waals surface area contributed by atoms with E-state index in [2.05, 4.69) is 15.3 Å². The molecule has 2 heterocycles. The maximum absolute atomic E-state index is 10.5. The van der Waals surface area contributed by atoms with Gasteiger partial charge in [0, 0.05) is 13.1 Å². The Kier molecular flexibility index (Phi) is 3.08. The van der Waals surface area contributed by atoms with Gasteiger partial charge in [-0.1, -0.05) is 30.3 Å². The molecular formula is C14H15N5O. The minimum atomic E-state index is -0.825. The summed E-state index contributed by atoms with van der Waals surface area (Å²) in [7, 11) is 1.85. The van der Waals surface area contributed by atoms with Crippen LogP contribution in [0.5, 0.6) is 0 Å². The quantitative estimate of drug-likeness (QED) is 0.780. The molecule has 2 aromatic heterocycles. The maximum atomic E-state index is 10.5. The zero-order valence-corrected chi connectivity index (χ0v) is 11.3. The summed E-state index contributed by atoms with van der Waals surface area (Å²) in [5.74, 6) is 1.29. The van der Waals surface area contributed by atoms with Gasteiger partial charge in [-0.15, -0.1) is 10.2 Å². The van der Waals surface area contributed by atoms with Gasteiger partial charge in [-0.2, -0.15) is 5.10 Å². The van der Waals surface area contributed by atoms with E-state index in [0.29, 0.717) is 5.82 Å². The van der Waals surface area contributed by atoms with Gasteiger partial charge in [0.15, 0.2) is 5.82 Å². The van der Waals surface area contributed by atoms with Crippen LogP contribution in [-0.4, -0.2) is 29.7 Å². The van der Waals surface area contributed by atoms with E-state index in [4.69, 9.17) is 0 Å². The van der Waals surface area contributed by atoms with E-state index < -0.39 is 6.10 Å². The van der Waals surface area contributed by atoms with Gasteiger partial charge in [-0.05, 0) is 12.5 Å². The Labute approximate surface area is 116 Å². The van der Waals surface area contributed by atoms with Gasteiger partial charge in [-0.25, -0.2) is 0 Å². The highest BCUT2D eigenvalue weighted by Gasteiger charge is 2.19. The monoisotopic (exact) mass is 269 g/mol. The van der Waals surface area contributed by atoms with Crippen molar-refractivity contribution in [2.75, 3.05) is 0 Å². The number of aliphatic hydroxyl groups excluding tert-OH is 1. The number of nitrogens with zero attached hydrogens (tertiary/aromatic N) is 5. The number of hydrogen-bond donors (Lipinski definition) is 1. The number of hydrogen-bond acceptors (Lipinski definition) is 4. The van der Waals surface area contributed by atoms with E-state index in [1.807, 2.05) is 50.4 Å². The summed E-state index contributed by atoms with van der Waals surface area (Å²) in [5, 5.41) is 22.7. The van der Waals surface area contributed by atoms with Gasteiger partial charge in [0.2, 0.25) is 0 Å². The van der Waals surface area contributed by atoms with Crippen LogP contribution in [0.4, 0.5) is 0 Å². The summed E-state index contributed by atoms with van der Waals surface area (Å²) in [6, 6.07) is 11.3. The fourth-order valence-corrected chi connectivity index (χ4v) is 2.21. The van der Waals surface area contributed by atoms with E-state index in [9.17, 15) is 5.11 Å². The van der Waals surface area contributed by atoms with Crippen molar-refractivity contribution in [1.82, 2.24) is 24.5 Å². The SMILES string of the molecule is Cc1cc(-n2cnnc2[C@H](O)c2ccccc2)n(C)n1. The molecule has 1 N–H and O–H groups in total. The van der Waals surface area contributed by atoms with E-state index in [1.54, 1.807) is 15.6 Å². The first-order valence-electron chi connectivity index (χ1n) is 6.31. The van der Waals surface area contributed by atoms with Crippen LogP contribution in [0.25, 0.3) is 5.82 Å². The fourth-order valence-electron chi connectivity index (χ4n) is 2.21. The van der Waals surface area contributed by atoms with Gasteiger partial charge >= 0.3 is 0 Å². The predicted molar refractivity (Wildman–Crippen MR) is 73.4 cm³/mol. The third kappa shape index (κ3) is 2.10. The number of aromatic nitrogens is 5. The molecule has 0 aliphatic heterocycles. The molecule has 0 saturated carbocycles. The molecule has 0 unspecified atom stereocenters. The summed E-state index contributed by atoms with van der Waals surface area (Å²) in [5.41, 5.74) is 1.68. The van der Waals surface area contributed by atoms with Crippen molar-refractivity contribution >= 4 is 0 Å². The smallest absolute Gasteiger partial charge is 0.172 e. The molecule has 0 radical (unpaired) electrons. The molecule has 0 spiro atoms. The van der Waals surface area contributed by atoms with Crippen molar-refractivity contribution in [2.24, 2.45) is 7.05 Å². The molecule has 3 rings (SSSR count). The first-order chi connectivity index (χ1) is 9.66. The van der Waals surface area contributed by atoms with Crippen molar-refractivity contribution in [3.63, 3.8) is 0 Å². The van der Waals surface area contributed by atoms with Crippen LogP contribution >= 0.6 is 0 Å². The molecule has 0 saturated heterocycles. The van der Waals surface area contributed by atoms with Crippen molar-refractivity contribution in [3.05, 3.63) is 59.8 Å². The summed E-state index contributed by atoms with van der Waals surface area (Å²) in [6.45, 7) is 1.92. The lowest BCUT2D eigenvalue weighted by Gasteiger charge is -2.12. The van der Waals surface area contributed by atoms with Gasteiger partial charge in [0.1, 0.15) is 18.2 Å². The largest absolute Gasteiger partial charge is 0.380 e. The Morgan fingerprint density at radius 3 is 2.60 bits per heavy atom. The van der Waals surface area contributed by atoms with Crippen molar-refractivity contribution in [1.29, 1.82) is 0 Å². The lowest BCUT2D eigenvalue weighted by Crippen LogP contribution is -2.11. The van der Waals surface area contributed by atoms with Crippen molar-refractivity contribution < 1.29 is 5.11 Å². The van der Waals surface area contributed by atoms with Crippen molar-refractivity contribution in [2.45, 2.75) is 13.0 Å². The van der Waals surface area contributed by atoms with E-state index in [0.717, 1.165) is 17.1 Å². The molecule has 0 aliphatic carbocycles. The Balaban J connectivity index is 2.05. The molecule has 0 bridgehead atoms. The van der Waals surface area contributed by atoms with Crippen LogP contribution in [-0.2, 0) is 7.05 Å². The van der Waals surface area contributed by atoms with Crippen LogP contribution in [0.2, 0.25) is 0 Å². The Morgan fingerprint density at radius 2 is 1.95 bits per heavy atom. The number of benzene rings is 1. The van der Waals surface area contributed by atoms with Crippen molar-refractivity contribution in [3.8, 4) is 5.82 Å². The third-order valence-corrected chi connectivity index (χ3v) is 3.16. The first kappa shape index (κ1) is 12.6. The Hall–Kier alpha value is -2.47. The molecule has 1 aromatic carbocycles. The summed E-state index contributed by atoms with van der Waals surface area (Å²) in [4.78, 5) is 0. The van der Waals surface area contributed by atoms with E-state index in [-0.39, 0.29) is 0 Å². The topological polar surface area (TPSA) is 68.8 Å². The van der Waals surface area contributed by atoms with E-state index in [1.165, 1.54) is 0 Å². The molecule has 6 nitrogen and oxygen atoms in total. The molecule has 6 heteroatoms. The molecule has 1 atom stereocenters. The highest BCUT2D eigenvalue weighted by Crippen LogP contribution is 2.22. The summed E-state index contributed by atoms with van der Waals surface area (Å²) < 4.78 is 3.48. The minimum absolute atomic E-state index is 0.471. The van der Waals surface area contributed by atoms with Crippen LogP contribution in [0, 0.1) is 6.92 Å². The number of rotatable bonds is 3. The average molecular weight is 269 g/mol. The highest BCUT2D eigenvalue weighted by atomic mass is 16.3. The van der Waals surface area contributed by atoms with Gasteiger partial charge in [-0.3, -0.25) is 9.25 Å². The molecule has 3 aromatic rings. The molecular weight excluding hydrogens is 254 g/mol. The summed E-state index contributed by atoms with van der Waals surface area (Å²) >= 11 is 0. The fraction of sp³-hybridized carbons (Fsp3) is 0.214. The normalized spacial score (nSPS) is 12.6. The third-order valence-electron chi connectivity index (χ3n) is 3.16. The van der Waals surface area contributed by atoms with E-state index >= 15 is 0 Å². The van der Waals surface area contributed by atoms with Gasteiger partial charge in [0.25, 0.3) is 0 Å². The lowest BCUT2D eigenvalue weighted by molar-refractivity contribution is 0.207. The second kappa shape index (κ2) is 4.90. The Bertz CT molecular complexity index is 716. The minimum Gasteiger partial charge on any atom is -0.380 e. The molecule has 0 fully saturated rings. The summed E-state index contributed by atoms with van der Waals surface area (Å²) in [6.07, 6.45) is 0.756. The van der Waals surface area contributed by atoms with Crippen LogP contribution in [0.1, 0.15) is 23.2 Å². The average Bonchev–Trinajstić information content (AvgIpc) is 3.05. The first-order valence-corrected chi connectivity index (χ1v) is 6.31. The number of aryl methyl sites for hydroxylation is 2. The molecule has 0 amide bonds. The predicted octanol–water partition coefficient (Wildman–Crippen LogP) is 1.39. The second-order valence-electron chi connectivity index (χ2n) is 4.64. The Morgan fingerprint density at radius 1 is 1.20 bits per heavy atom. The van der Waals surface area contributed by atoms with Crippen LogP contribution in [0.15, 0.2) is 42.7 Å². The zero-order chi connectivity index (χ0) is 14.1. The van der Waals surface area contributed by atoms with Crippen LogP contribution < -0.4 is 0 Å². The molecule has 102 valence electrons.